The number of halogens is 3. The lowest BCUT2D eigenvalue weighted by molar-refractivity contribution is -0.135. The Morgan fingerprint density at radius 3 is 2.70 bits per heavy atom. The standard InChI is InChI=1S/C21H30F2N4O2.HI/c1-24-21(25-10-12-29-19-8-7-16(22)13-18(19)23)26-17-9-11-27(14-17)20(28)15-5-3-2-4-6-15;/h7-8,13,15,17H,2-6,9-12,14H2,1H3,(H2,24,25,26);1H. The predicted molar refractivity (Wildman–Crippen MR) is 123 cm³/mol. The number of likely N-dealkylation sites (tertiary alicyclic amines) is 1. The van der Waals surface area contributed by atoms with Crippen LogP contribution in [0.1, 0.15) is 38.5 Å². The van der Waals surface area contributed by atoms with Crippen molar-refractivity contribution in [1.29, 1.82) is 0 Å². The first-order valence-corrected chi connectivity index (χ1v) is 10.4. The van der Waals surface area contributed by atoms with Crippen LogP contribution in [0, 0.1) is 17.6 Å². The Morgan fingerprint density at radius 1 is 1.23 bits per heavy atom. The number of rotatable bonds is 6. The molecule has 2 N–H and O–H groups in total. The number of hydrogen-bond donors (Lipinski definition) is 2. The van der Waals surface area contributed by atoms with E-state index in [0.717, 1.165) is 50.8 Å². The Balaban J connectivity index is 0.00000320. The van der Waals surface area contributed by atoms with Gasteiger partial charge in [-0.2, -0.15) is 0 Å². The number of amides is 1. The van der Waals surface area contributed by atoms with Crippen LogP contribution in [0.25, 0.3) is 0 Å². The van der Waals surface area contributed by atoms with Gasteiger partial charge in [0.05, 0.1) is 6.54 Å². The van der Waals surface area contributed by atoms with Crippen LogP contribution in [0.4, 0.5) is 8.78 Å². The van der Waals surface area contributed by atoms with Gasteiger partial charge >= 0.3 is 0 Å². The molecule has 3 rings (SSSR count). The summed E-state index contributed by atoms with van der Waals surface area (Å²) in [6.07, 6.45) is 6.49. The largest absolute Gasteiger partial charge is 0.489 e. The molecule has 2 aliphatic rings. The zero-order chi connectivity index (χ0) is 20.6. The molecule has 6 nitrogen and oxygen atoms in total. The molecule has 1 aromatic carbocycles. The van der Waals surface area contributed by atoms with E-state index in [2.05, 4.69) is 15.6 Å². The van der Waals surface area contributed by atoms with Gasteiger partial charge < -0.3 is 20.3 Å². The summed E-state index contributed by atoms with van der Waals surface area (Å²) in [5.41, 5.74) is 0. The summed E-state index contributed by atoms with van der Waals surface area (Å²) in [5.74, 6) is -0.226. The average molecular weight is 536 g/mol. The van der Waals surface area contributed by atoms with E-state index in [1.165, 1.54) is 12.5 Å². The van der Waals surface area contributed by atoms with Crippen LogP contribution in [0.3, 0.4) is 0 Å². The van der Waals surface area contributed by atoms with Gasteiger partial charge in [-0.3, -0.25) is 9.79 Å². The maximum absolute atomic E-state index is 13.6. The Bertz CT molecular complexity index is 729. The highest BCUT2D eigenvalue weighted by Gasteiger charge is 2.31. The lowest BCUT2D eigenvalue weighted by atomic mass is 9.88. The minimum absolute atomic E-state index is 0. The number of nitrogens with zero attached hydrogens (tertiary/aromatic N) is 2. The normalized spacial score (nSPS) is 19.9. The zero-order valence-electron chi connectivity index (χ0n) is 17.3. The molecule has 1 aromatic rings. The van der Waals surface area contributed by atoms with Gasteiger partial charge in [0.1, 0.15) is 12.4 Å². The van der Waals surface area contributed by atoms with Gasteiger partial charge in [0.25, 0.3) is 0 Å². The van der Waals surface area contributed by atoms with Crippen LogP contribution in [0.5, 0.6) is 5.75 Å². The minimum Gasteiger partial charge on any atom is -0.489 e. The molecule has 0 aromatic heterocycles. The predicted octanol–water partition coefficient (Wildman–Crippen LogP) is 3.31. The fraction of sp³-hybridized carbons (Fsp3) is 0.619. The molecule has 168 valence electrons. The molecule has 1 unspecified atom stereocenters. The van der Waals surface area contributed by atoms with Crippen molar-refractivity contribution in [3.63, 3.8) is 0 Å². The molecule has 0 bridgehead atoms. The Hall–Kier alpha value is -1.65. The van der Waals surface area contributed by atoms with Crippen molar-refractivity contribution >= 4 is 35.8 Å². The molecule has 1 saturated carbocycles. The van der Waals surface area contributed by atoms with Crippen LogP contribution in [0.2, 0.25) is 0 Å². The highest BCUT2D eigenvalue weighted by Crippen LogP contribution is 2.26. The van der Waals surface area contributed by atoms with Gasteiger partial charge in [-0.1, -0.05) is 19.3 Å². The number of carbonyl (C=O) groups is 1. The van der Waals surface area contributed by atoms with E-state index in [1.807, 2.05) is 4.90 Å². The summed E-state index contributed by atoms with van der Waals surface area (Å²) in [4.78, 5) is 18.8. The number of aliphatic imine (C=N–C) groups is 1. The first-order chi connectivity index (χ1) is 14.1. The van der Waals surface area contributed by atoms with Gasteiger partial charge in [-0.05, 0) is 31.4 Å². The molecule has 30 heavy (non-hydrogen) atoms. The second-order valence-corrected chi connectivity index (χ2v) is 7.67. The van der Waals surface area contributed by atoms with Gasteiger partial charge in [0.2, 0.25) is 5.91 Å². The number of ether oxygens (including phenoxy) is 1. The van der Waals surface area contributed by atoms with Crippen LogP contribution in [-0.2, 0) is 4.79 Å². The second-order valence-electron chi connectivity index (χ2n) is 7.67. The molecular formula is C21H31F2IN4O2. The van der Waals surface area contributed by atoms with Gasteiger partial charge in [0.15, 0.2) is 17.5 Å². The second kappa shape index (κ2) is 12.3. The van der Waals surface area contributed by atoms with Crippen molar-refractivity contribution < 1.29 is 18.3 Å². The van der Waals surface area contributed by atoms with Crippen molar-refractivity contribution in [2.75, 3.05) is 33.3 Å². The van der Waals surface area contributed by atoms with Crippen molar-refractivity contribution in [3.05, 3.63) is 29.8 Å². The van der Waals surface area contributed by atoms with E-state index in [9.17, 15) is 13.6 Å². The van der Waals surface area contributed by atoms with Crippen LogP contribution in [0.15, 0.2) is 23.2 Å². The fourth-order valence-electron chi connectivity index (χ4n) is 4.00. The summed E-state index contributed by atoms with van der Waals surface area (Å²) in [7, 11) is 1.68. The lowest BCUT2D eigenvalue weighted by Crippen LogP contribution is -2.46. The maximum atomic E-state index is 13.6. The van der Waals surface area contributed by atoms with E-state index in [-0.39, 0.29) is 48.3 Å². The first kappa shape index (κ1) is 24.6. The molecule has 0 radical (unpaired) electrons. The van der Waals surface area contributed by atoms with E-state index < -0.39 is 11.6 Å². The van der Waals surface area contributed by atoms with Crippen molar-refractivity contribution in [2.45, 2.75) is 44.6 Å². The SMILES string of the molecule is CN=C(NCCOc1ccc(F)cc1F)NC1CCN(C(=O)C2CCCCC2)C1.I. The Labute approximate surface area is 193 Å². The van der Waals surface area contributed by atoms with E-state index in [1.54, 1.807) is 7.05 Å². The monoisotopic (exact) mass is 536 g/mol. The number of benzene rings is 1. The molecule has 1 amide bonds. The fourth-order valence-corrected chi connectivity index (χ4v) is 4.00. The van der Waals surface area contributed by atoms with Crippen molar-refractivity contribution in [2.24, 2.45) is 10.9 Å². The summed E-state index contributed by atoms with van der Waals surface area (Å²) >= 11 is 0. The lowest BCUT2D eigenvalue weighted by Gasteiger charge is -2.26. The third-order valence-electron chi connectivity index (χ3n) is 5.56. The summed E-state index contributed by atoms with van der Waals surface area (Å²) in [5, 5.41) is 6.46. The number of guanidine groups is 1. The summed E-state index contributed by atoms with van der Waals surface area (Å²) in [6, 6.07) is 3.38. The maximum Gasteiger partial charge on any atom is 0.225 e. The molecule has 1 heterocycles. The molecule has 1 saturated heterocycles. The Morgan fingerprint density at radius 2 is 2.00 bits per heavy atom. The molecule has 1 aliphatic heterocycles. The molecule has 9 heteroatoms. The van der Waals surface area contributed by atoms with Crippen LogP contribution < -0.4 is 15.4 Å². The van der Waals surface area contributed by atoms with Crippen LogP contribution >= 0.6 is 24.0 Å². The topological polar surface area (TPSA) is 66.0 Å². The molecular weight excluding hydrogens is 505 g/mol. The van der Waals surface area contributed by atoms with E-state index >= 15 is 0 Å². The minimum atomic E-state index is -0.721. The molecule has 0 spiro atoms. The Kier molecular flexibility index (Phi) is 10.1. The molecule has 1 atom stereocenters. The smallest absolute Gasteiger partial charge is 0.225 e. The van der Waals surface area contributed by atoms with Gasteiger partial charge in [-0.25, -0.2) is 8.78 Å². The van der Waals surface area contributed by atoms with Gasteiger partial charge in [0, 0.05) is 38.2 Å². The van der Waals surface area contributed by atoms with E-state index in [0.29, 0.717) is 25.0 Å². The zero-order valence-corrected chi connectivity index (χ0v) is 19.7. The summed E-state index contributed by atoms with van der Waals surface area (Å²) < 4.78 is 31.8. The number of nitrogens with one attached hydrogen (secondary N) is 2. The van der Waals surface area contributed by atoms with Crippen molar-refractivity contribution in [1.82, 2.24) is 15.5 Å². The van der Waals surface area contributed by atoms with Crippen molar-refractivity contribution in [3.8, 4) is 5.75 Å². The summed E-state index contributed by atoms with van der Waals surface area (Å²) in [6.45, 7) is 2.08. The number of carbonyl (C=O) groups excluding carboxylic acids is 1. The van der Waals surface area contributed by atoms with Gasteiger partial charge in [-0.15, -0.1) is 24.0 Å². The van der Waals surface area contributed by atoms with E-state index in [4.69, 9.17) is 4.74 Å². The van der Waals surface area contributed by atoms with Crippen LogP contribution in [-0.4, -0.2) is 56.1 Å². The average Bonchev–Trinajstić information content (AvgIpc) is 3.20. The first-order valence-electron chi connectivity index (χ1n) is 10.4. The molecule has 2 fully saturated rings. The quantitative estimate of drug-likeness (QED) is 0.254. The molecule has 1 aliphatic carbocycles. The highest BCUT2D eigenvalue weighted by atomic mass is 127. The third kappa shape index (κ3) is 6.95. The number of hydrogen-bond acceptors (Lipinski definition) is 3. The third-order valence-corrected chi connectivity index (χ3v) is 5.56. The highest BCUT2D eigenvalue weighted by molar-refractivity contribution is 14.0.